The molecule has 3 N–H and O–H groups in total. The number of thiophene rings is 1. The van der Waals surface area contributed by atoms with Crippen molar-refractivity contribution in [1.82, 2.24) is 0 Å². The van der Waals surface area contributed by atoms with E-state index in [4.69, 9.17) is 10.5 Å². The molecule has 0 radical (unpaired) electrons. The van der Waals surface area contributed by atoms with Crippen LogP contribution in [0, 0.1) is 0 Å². The third-order valence-electron chi connectivity index (χ3n) is 3.21. The van der Waals surface area contributed by atoms with E-state index in [1.807, 2.05) is 18.2 Å². The van der Waals surface area contributed by atoms with Gasteiger partial charge >= 0.3 is 0 Å². The maximum Gasteiger partial charge on any atom is 0.123 e. The van der Waals surface area contributed by atoms with E-state index in [0.29, 0.717) is 12.6 Å². The zero-order chi connectivity index (χ0) is 15.1. The van der Waals surface area contributed by atoms with Gasteiger partial charge in [-0.2, -0.15) is 0 Å². The van der Waals surface area contributed by atoms with Crippen molar-refractivity contribution in [2.75, 3.05) is 17.7 Å². The standard InChI is InChI=1S/C17H24N2OS/c1-3-6-16(17-7-5-9-21-17)19-14-10-13(18)11-15(12-14)20-8-4-2/h5,7,9-12,16,19H,3-4,6,8,18H2,1-2H3. The molecule has 21 heavy (non-hydrogen) atoms. The van der Waals surface area contributed by atoms with Crippen LogP contribution in [0.15, 0.2) is 35.7 Å². The average molecular weight is 304 g/mol. The molecule has 114 valence electrons. The van der Waals surface area contributed by atoms with Crippen LogP contribution < -0.4 is 15.8 Å². The molecule has 0 saturated carbocycles. The summed E-state index contributed by atoms with van der Waals surface area (Å²) < 4.78 is 5.69. The van der Waals surface area contributed by atoms with Crippen molar-refractivity contribution in [3.63, 3.8) is 0 Å². The van der Waals surface area contributed by atoms with Gasteiger partial charge in [-0.3, -0.25) is 0 Å². The first-order chi connectivity index (χ1) is 10.2. The molecule has 3 nitrogen and oxygen atoms in total. The number of anilines is 2. The predicted molar refractivity (Wildman–Crippen MR) is 92.2 cm³/mol. The number of nitrogens with one attached hydrogen (secondary N) is 1. The van der Waals surface area contributed by atoms with E-state index in [0.717, 1.165) is 36.4 Å². The Labute approximate surface area is 131 Å². The first-order valence-corrected chi connectivity index (χ1v) is 8.44. The third-order valence-corrected chi connectivity index (χ3v) is 4.19. The second-order valence-electron chi connectivity index (χ2n) is 5.14. The number of nitrogens with two attached hydrogens (primary N) is 1. The van der Waals surface area contributed by atoms with E-state index in [1.54, 1.807) is 11.3 Å². The average Bonchev–Trinajstić information content (AvgIpc) is 2.98. The highest BCUT2D eigenvalue weighted by Crippen LogP contribution is 2.30. The Bertz CT molecular complexity index is 540. The molecule has 0 spiro atoms. The summed E-state index contributed by atoms with van der Waals surface area (Å²) in [5, 5.41) is 5.71. The van der Waals surface area contributed by atoms with Crippen molar-refractivity contribution < 1.29 is 4.74 Å². The van der Waals surface area contributed by atoms with Crippen LogP contribution in [-0.2, 0) is 0 Å². The van der Waals surface area contributed by atoms with Gasteiger partial charge in [0.25, 0.3) is 0 Å². The quantitative estimate of drug-likeness (QED) is 0.669. The maximum absolute atomic E-state index is 5.98. The maximum atomic E-state index is 5.98. The summed E-state index contributed by atoms with van der Waals surface area (Å²) >= 11 is 1.79. The number of benzene rings is 1. The lowest BCUT2D eigenvalue weighted by Crippen LogP contribution is -2.09. The SMILES string of the molecule is CCCOc1cc(N)cc(NC(CCC)c2cccs2)c1. The molecule has 0 amide bonds. The van der Waals surface area contributed by atoms with Crippen LogP contribution in [-0.4, -0.2) is 6.61 Å². The number of hydrogen-bond acceptors (Lipinski definition) is 4. The molecule has 0 aliphatic carbocycles. The fourth-order valence-electron chi connectivity index (χ4n) is 2.27. The van der Waals surface area contributed by atoms with E-state index in [1.165, 1.54) is 4.88 Å². The Morgan fingerprint density at radius 2 is 2.10 bits per heavy atom. The molecule has 2 rings (SSSR count). The van der Waals surface area contributed by atoms with Crippen LogP contribution in [0.3, 0.4) is 0 Å². The van der Waals surface area contributed by atoms with Crippen LogP contribution in [0.2, 0.25) is 0 Å². The van der Waals surface area contributed by atoms with E-state index in [2.05, 4.69) is 36.7 Å². The minimum atomic E-state index is 0.329. The molecular formula is C17H24N2OS. The van der Waals surface area contributed by atoms with Gasteiger partial charge in [0, 0.05) is 28.4 Å². The Morgan fingerprint density at radius 3 is 2.76 bits per heavy atom. The minimum absolute atomic E-state index is 0.329. The molecule has 4 heteroatoms. The summed E-state index contributed by atoms with van der Waals surface area (Å²) in [6.45, 7) is 5.02. The monoisotopic (exact) mass is 304 g/mol. The normalized spacial score (nSPS) is 12.1. The van der Waals surface area contributed by atoms with Gasteiger partial charge in [0.05, 0.1) is 12.6 Å². The molecule has 1 aromatic carbocycles. The first kappa shape index (κ1) is 15.7. The summed E-state index contributed by atoms with van der Waals surface area (Å²) in [5.41, 5.74) is 7.73. The molecule has 0 bridgehead atoms. The Kier molecular flexibility index (Phi) is 5.93. The number of nitrogen functional groups attached to an aromatic ring is 1. The lowest BCUT2D eigenvalue weighted by Gasteiger charge is -2.19. The van der Waals surface area contributed by atoms with Crippen LogP contribution in [0.25, 0.3) is 0 Å². The Balaban J connectivity index is 2.14. The Hall–Kier alpha value is -1.68. The molecule has 2 aromatic rings. The lowest BCUT2D eigenvalue weighted by molar-refractivity contribution is 0.318. The van der Waals surface area contributed by atoms with Gasteiger partial charge in [-0.05, 0) is 30.4 Å². The number of hydrogen-bond donors (Lipinski definition) is 2. The second-order valence-corrected chi connectivity index (χ2v) is 6.12. The molecule has 0 saturated heterocycles. The van der Waals surface area contributed by atoms with Crippen molar-refractivity contribution >= 4 is 22.7 Å². The van der Waals surface area contributed by atoms with Crippen LogP contribution >= 0.6 is 11.3 Å². The van der Waals surface area contributed by atoms with Gasteiger partial charge in [0.2, 0.25) is 0 Å². The molecule has 0 fully saturated rings. The van der Waals surface area contributed by atoms with E-state index in [-0.39, 0.29) is 0 Å². The molecule has 0 aliphatic heterocycles. The molecular weight excluding hydrogens is 280 g/mol. The fourth-order valence-corrected chi connectivity index (χ4v) is 3.09. The highest BCUT2D eigenvalue weighted by molar-refractivity contribution is 7.10. The highest BCUT2D eigenvalue weighted by atomic mass is 32.1. The fraction of sp³-hybridized carbons (Fsp3) is 0.412. The van der Waals surface area contributed by atoms with Crippen LogP contribution in [0.1, 0.15) is 44.0 Å². The van der Waals surface area contributed by atoms with Crippen molar-refractivity contribution in [1.29, 1.82) is 0 Å². The van der Waals surface area contributed by atoms with Crippen molar-refractivity contribution in [2.45, 2.75) is 39.2 Å². The molecule has 1 atom stereocenters. The number of rotatable bonds is 8. The zero-order valence-electron chi connectivity index (χ0n) is 12.8. The summed E-state index contributed by atoms with van der Waals surface area (Å²) in [5.74, 6) is 0.834. The van der Waals surface area contributed by atoms with Gasteiger partial charge < -0.3 is 15.8 Å². The molecule has 1 unspecified atom stereocenters. The lowest BCUT2D eigenvalue weighted by atomic mass is 10.1. The first-order valence-electron chi connectivity index (χ1n) is 7.56. The zero-order valence-corrected chi connectivity index (χ0v) is 13.6. The largest absolute Gasteiger partial charge is 0.493 e. The minimum Gasteiger partial charge on any atom is -0.493 e. The second kappa shape index (κ2) is 7.93. The van der Waals surface area contributed by atoms with E-state index in [9.17, 15) is 0 Å². The van der Waals surface area contributed by atoms with Gasteiger partial charge in [-0.15, -0.1) is 11.3 Å². The Morgan fingerprint density at radius 1 is 1.24 bits per heavy atom. The van der Waals surface area contributed by atoms with Gasteiger partial charge in [-0.1, -0.05) is 26.3 Å². The highest BCUT2D eigenvalue weighted by Gasteiger charge is 2.12. The third kappa shape index (κ3) is 4.67. The smallest absolute Gasteiger partial charge is 0.123 e. The summed E-state index contributed by atoms with van der Waals surface area (Å²) in [7, 11) is 0. The summed E-state index contributed by atoms with van der Waals surface area (Å²) in [6.07, 6.45) is 3.22. The van der Waals surface area contributed by atoms with Gasteiger partial charge in [0.15, 0.2) is 0 Å². The number of ether oxygens (including phenoxy) is 1. The molecule has 1 heterocycles. The van der Waals surface area contributed by atoms with Crippen molar-refractivity contribution in [3.8, 4) is 5.75 Å². The van der Waals surface area contributed by atoms with Gasteiger partial charge in [0.1, 0.15) is 5.75 Å². The van der Waals surface area contributed by atoms with Gasteiger partial charge in [-0.25, -0.2) is 0 Å². The summed E-state index contributed by atoms with van der Waals surface area (Å²) in [6, 6.07) is 10.5. The topological polar surface area (TPSA) is 47.3 Å². The predicted octanol–water partition coefficient (Wildman–Crippen LogP) is 5.07. The van der Waals surface area contributed by atoms with Crippen molar-refractivity contribution in [2.24, 2.45) is 0 Å². The summed E-state index contributed by atoms with van der Waals surface area (Å²) in [4.78, 5) is 1.36. The van der Waals surface area contributed by atoms with E-state index < -0.39 is 0 Å². The van der Waals surface area contributed by atoms with E-state index >= 15 is 0 Å². The van der Waals surface area contributed by atoms with Crippen LogP contribution in [0.4, 0.5) is 11.4 Å². The van der Waals surface area contributed by atoms with Crippen molar-refractivity contribution in [3.05, 3.63) is 40.6 Å². The molecule has 0 aliphatic rings. The molecule has 1 aromatic heterocycles. The van der Waals surface area contributed by atoms with Crippen LogP contribution in [0.5, 0.6) is 5.75 Å².